The van der Waals surface area contributed by atoms with E-state index in [0.29, 0.717) is 37.8 Å². The second kappa shape index (κ2) is 11.4. The Balaban J connectivity index is 1.58. The highest BCUT2D eigenvalue weighted by Gasteiger charge is 2.07. The number of carbonyl (C=O) groups excluding carboxylic acids is 1. The molecule has 5 heteroatoms. The Morgan fingerprint density at radius 3 is 2.33 bits per heavy atom. The Bertz CT molecular complexity index is 684. The molecule has 0 aliphatic rings. The van der Waals surface area contributed by atoms with Crippen molar-refractivity contribution in [2.45, 2.75) is 32.8 Å². The maximum absolute atomic E-state index is 12.1. The fraction of sp³-hybridized carbons (Fsp3) is 0.409. The van der Waals surface area contributed by atoms with Crippen LogP contribution in [0, 0.1) is 0 Å². The van der Waals surface area contributed by atoms with Crippen molar-refractivity contribution in [2.24, 2.45) is 0 Å². The minimum atomic E-state index is -0.0728. The topological polar surface area (TPSA) is 70.6 Å². The van der Waals surface area contributed by atoms with Gasteiger partial charge in [-0.15, -0.1) is 0 Å². The number of carbonyl (C=O) groups is 1. The Morgan fingerprint density at radius 1 is 1.04 bits per heavy atom. The van der Waals surface area contributed by atoms with Gasteiger partial charge in [-0.3, -0.25) is 4.79 Å². The number of rotatable bonds is 11. The molecular weight excluding hydrogens is 340 g/mol. The molecule has 0 heterocycles. The van der Waals surface area contributed by atoms with Crippen LogP contribution in [0.1, 0.15) is 47.7 Å². The number of aliphatic hydroxyl groups is 1. The van der Waals surface area contributed by atoms with Gasteiger partial charge in [0.2, 0.25) is 0 Å². The minimum absolute atomic E-state index is 0.0527. The van der Waals surface area contributed by atoms with Crippen LogP contribution in [0.3, 0.4) is 0 Å². The summed E-state index contributed by atoms with van der Waals surface area (Å²) in [5.74, 6) is 0.438. The Morgan fingerprint density at radius 2 is 1.70 bits per heavy atom. The molecule has 5 nitrogen and oxygen atoms in total. The summed E-state index contributed by atoms with van der Waals surface area (Å²) in [6, 6.07) is 15.4. The van der Waals surface area contributed by atoms with Gasteiger partial charge in [0.1, 0.15) is 0 Å². The van der Waals surface area contributed by atoms with Crippen molar-refractivity contribution < 1.29 is 14.6 Å². The fourth-order valence-corrected chi connectivity index (χ4v) is 2.64. The van der Waals surface area contributed by atoms with E-state index in [-0.39, 0.29) is 12.5 Å². The van der Waals surface area contributed by atoms with Gasteiger partial charge in [-0.1, -0.05) is 38.1 Å². The van der Waals surface area contributed by atoms with Crippen LogP contribution in [0.4, 0.5) is 5.69 Å². The number of hydrogen-bond acceptors (Lipinski definition) is 4. The third-order valence-electron chi connectivity index (χ3n) is 4.60. The number of amides is 1. The predicted molar refractivity (Wildman–Crippen MR) is 109 cm³/mol. The molecule has 2 aromatic carbocycles. The molecule has 2 rings (SSSR count). The summed E-state index contributed by atoms with van der Waals surface area (Å²) in [5, 5.41) is 15.1. The summed E-state index contributed by atoms with van der Waals surface area (Å²) in [5.41, 5.74) is 3.82. The van der Waals surface area contributed by atoms with Crippen molar-refractivity contribution >= 4 is 11.6 Å². The highest BCUT2D eigenvalue weighted by molar-refractivity contribution is 5.94. The largest absolute Gasteiger partial charge is 0.392 e. The first-order chi connectivity index (χ1) is 13.1. The van der Waals surface area contributed by atoms with Crippen LogP contribution in [0.25, 0.3) is 0 Å². The molecular formula is C22H30N2O3. The lowest BCUT2D eigenvalue weighted by atomic mass is 9.97. The first-order valence-corrected chi connectivity index (χ1v) is 9.53. The average molecular weight is 370 g/mol. The summed E-state index contributed by atoms with van der Waals surface area (Å²) in [6.45, 7) is 6.60. The molecule has 146 valence electrons. The summed E-state index contributed by atoms with van der Waals surface area (Å²) < 4.78 is 5.53. The van der Waals surface area contributed by atoms with Gasteiger partial charge in [0, 0.05) is 24.3 Å². The highest BCUT2D eigenvalue weighted by atomic mass is 16.5. The molecule has 1 atom stereocenters. The third kappa shape index (κ3) is 7.04. The Kier molecular flexibility index (Phi) is 8.81. The zero-order valence-corrected chi connectivity index (χ0v) is 16.2. The van der Waals surface area contributed by atoms with Gasteiger partial charge in [0.15, 0.2) is 0 Å². The molecule has 27 heavy (non-hydrogen) atoms. The molecule has 0 aliphatic carbocycles. The van der Waals surface area contributed by atoms with Crippen LogP contribution in [-0.2, 0) is 11.3 Å². The molecule has 2 aromatic rings. The fourth-order valence-electron chi connectivity index (χ4n) is 2.64. The van der Waals surface area contributed by atoms with Crippen LogP contribution >= 0.6 is 0 Å². The van der Waals surface area contributed by atoms with E-state index in [1.165, 1.54) is 5.56 Å². The standard InChI is InChI=1S/C22H30N2O3/c1-3-17(2)19-6-8-20(9-7-19)22(26)24-13-15-27-14-12-23-21-10-4-18(16-25)5-11-21/h4-11,17,23,25H,3,12-16H2,1-2H3,(H,24,26). The van der Waals surface area contributed by atoms with E-state index in [2.05, 4.69) is 24.5 Å². The first-order valence-electron chi connectivity index (χ1n) is 9.53. The van der Waals surface area contributed by atoms with Gasteiger partial charge in [0.05, 0.1) is 19.8 Å². The van der Waals surface area contributed by atoms with Gasteiger partial charge in [-0.2, -0.15) is 0 Å². The first kappa shape index (κ1) is 20.9. The van der Waals surface area contributed by atoms with E-state index in [1.807, 2.05) is 48.5 Å². The lowest BCUT2D eigenvalue weighted by Gasteiger charge is -2.10. The van der Waals surface area contributed by atoms with Crippen molar-refractivity contribution in [2.75, 3.05) is 31.6 Å². The van der Waals surface area contributed by atoms with Crippen LogP contribution < -0.4 is 10.6 Å². The SMILES string of the molecule is CCC(C)c1ccc(C(=O)NCCOCCNc2ccc(CO)cc2)cc1. The van der Waals surface area contributed by atoms with Crippen molar-refractivity contribution in [3.8, 4) is 0 Å². The molecule has 0 saturated carbocycles. The van der Waals surface area contributed by atoms with Crippen molar-refractivity contribution in [1.82, 2.24) is 5.32 Å². The molecule has 0 saturated heterocycles. The van der Waals surface area contributed by atoms with Crippen LogP contribution in [0.5, 0.6) is 0 Å². The number of aliphatic hydroxyl groups excluding tert-OH is 1. The highest BCUT2D eigenvalue weighted by Crippen LogP contribution is 2.18. The maximum Gasteiger partial charge on any atom is 0.251 e. The monoisotopic (exact) mass is 370 g/mol. The number of nitrogens with one attached hydrogen (secondary N) is 2. The van der Waals surface area contributed by atoms with E-state index in [0.717, 1.165) is 17.7 Å². The van der Waals surface area contributed by atoms with Gasteiger partial charge in [-0.05, 0) is 47.7 Å². The zero-order valence-electron chi connectivity index (χ0n) is 16.2. The summed E-state index contributed by atoms with van der Waals surface area (Å²) in [4.78, 5) is 12.1. The smallest absolute Gasteiger partial charge is 0.251 e. The van der Waals surface area contributed by atoms with E-state index in [9.17, 15) is 4.79 Å². The van der Waals surface area contributed by atoms with Crippen molar-refractivity contribution in [1.29, 1.82) is 0 Å². The molecule has 0 aromatic heterocycles. The Labute approximate surface area is 161 Å². The molecule has 0 spiro atoms. The van der Waals surface area contributed by atoms with Gasteiger partial charge < -0.3 is 20.5 Å². The predicted octanol–water partition coefficient (Wildman–Crippen LogP) is 3.55. The minimum Gasteiger partial charge on any atom is -0.392 e. The lowest BCUT2D eigenvalue weighted by Crippen LogP contribution is -2.27. The van der Waals surface area contributed by atoms with Crippen molar-refractivity contribution in [3.05, 3.63) is 65.2 Å². The van der Waals surface area contributed by atoms with E-state index in [1.54, 1.807) is 0 Å². The number of ether oxygens (including phenoxy) is 1. The van der Waals surface area contributed by atoms with Crippen LogP contribution in [-0.4, -0.2) is 37.3 Å². The maximum atomic E-state index is 12.1. The quantitative estimate of drug-likeness (QED) is 0.529. The van der Waals surface area contributed by atoms with Crippen LogP contribution in [0.15, 0.2) is 48.5 Å². The second-order valence-corrected chi connectivity index (χ2v) is 6.58. The molecule has 0 radical (unpaired) electrons. The second-order valence-electron chi connectivity index (χ2n) is 6.58. The molecule has 0 aliphatic heterocycles. The molecule has 0 fully saturated rings. The molecule has 1 amide bonds. The number of benzene rings is 2. The normalized spacial score (nSPS) is 11.8. The van der Waals surface area contributed by atoms with Gasteiger partial charge in [0.25, 0.3) is 5.91 Å². The number of hydrogen-bond donors (Lipinski definition) is 3. The van der Waals surface area contributed by atoms with Crippen LogP contribution in [0.2, 0.25) is 0 Å². The lowest BCUT2D eigenvalue weighted by molar-refractivity contribution is 0.0921. The average Bonchev–Trinajstić information content (AvgIpc) is 2.72. The summed E-state index contributed by atoms with van der Waals surface area (Å²) in [6.07, 6.45) is 1.09. The molecule has 1 unspecified atom stereocenters. The zero-order chi connectivity index (χ0) is 19.5. The summed E-state index contributed by atoms with van der Waals surface area (Å²) in [7, 11) is 0. The van der Waals surface area contributed by atoms with Gasteiger partial charge >= 0.3 is 0 Å². The van der Waals surface area contributed by atoms with E-state index in [4.69, 9.17) is 9.84 Å². The van der Waals surface area contributed by atoms with E-state index < -0.39 is 0 Å². The van der Waals surface area contributed by atoms with Gasteiger partial charge in [-0.25, -0.2) is 0 Å². The van der Waals surface area contributed by atoms with E-state index >= 15 is 0 Å². The third-order valence-corrected chi connectivity index (χ3v) is 4.60. The summed E-state index contributed by atoms with van der Waals surface area (Å²) >= 11 is 0. The molecule has 3 N–H and O–H groups in total. The Hall–Kier alpha value is -2.37. The van der Waals surface area contributed by atoms with Crippen molar-refractivity contribution in [3.63, 3.8) is 0 Å². The molecule has 0 bridgehead atoms. The number of anilines is 1.